The molecule has 1 nitrogen and oxygen atoms in total. The molecule has 0 amide bonds. The van der Waals surface area contributed by atoms with Crippen molar-refractivity contribution in [3.8, 4) is 16.9 Å². The normalized spacial score (nSPS) is 12.8. The Morgan fingerprint density at radius 3 is 2.65 bits per heavy atom. The van der Waals surface area contributed by atoms with Gasteiger partial charge in [-0.15, -0.1) is 0 Å². The van der Waals surface area contributed by atoms with E-state index in [1.165, 1.54) is 16.7 Å². The standard InChI is InChI=1S/C16H12O/c1-2-5-14-15-10-11-6-3-4-7-12(11)13(15)8-9-16(14)17/h2-10,17H,1H2/b14-5+. The topological polar surface area (TPSA) is 20.2 Å². The van der Waals surface area contributed by atoms with Crippen molar-refractivity contribution < 1.29 is 5.11 Å². The van der Waals surface area contributed by atoms with Crippen LogP contribution in [0.4, 0.5) is 0 Å². The molecule has 0 fully saturated rings. The highest BCUT2D eigenvalue weighted by Gasteiger charge is 2.12. The van der Waals surface area contributed by atoms with E-state index in [0.717, 1.165) is 10.4 Å². The maximum Gasteiger partial charge on any atom is 0.123 e. The summed E-state index contributed by atoms with van der Waals surface area (Å²) in [4.78, 5) is 0. The van der Waals surface area contributed by atoms with Crippen molar-refractivity contribution >= 4 is 12.2 Å². The van der Waals surface area contributed by atoms with E-state index < -0.39 is 0 Å². The number of phenols is 1. The fraction of sp³-hybridized carbons (Fsp3) is 0. The molecular weight excluding hydrogens is 208 g/mol. The smallest absolute Gasteiger partial charge is 0.123 e. The summed E-state index contributed by atoms with van der Waals surface area (Å²) >= 11 is 0. The van der Waals surface area contributed by atoms with Crippen molar-refractivity contribution in [2.24, 2.45) is 0 Å². The van der Waals surface area contributed by atoms with E-state index in [-0.39, 0.29) is 0 Å². The quantitative estimate of drug-likeness (QED) is 0.666. The Balaban J connectivity index is 2.46. The Bertz CT molecular complexity index is 724. The number of hydrogen-bond donors (Lipinski definition) is 1. The molecule has 17 heavy (non-hydrogen) atoms. The first kappa shape index (κ1) is 9.91. The second-order valence-electron chi connectivity index (χ2n) is 4.09. The molecule has 1 aliphatic carbocycles. The van der Waals surface area contributed by atoms with Crippen LogP contribution in [0, 0.1) is 0 Å². The Hall–Kier alpha value is -2.28. The van der Waals surface area contributed by atoms with Crippen LogP contribution in [0.5, 0.6) is 5.75 Å². The lowest BCUT2D eigenvalue weighted by Crippen LogP contribution is -2.24. The summed E-state index contributed by atoms with van der Waals surface area (Å²) in [5, 5.41) is 11.8. The van der Waals surface area contributed by atoms with Crippen LogP contribution in [0.25, 0.3) is 23.3 Å². The number of allylic oxidation sites excluding steroid dienone is 1. The van der Waals surface area contributed by atoms with Gasteiger partial charge in [-0.2, -0.15) is 0 Å². The molecule has 0 saturated carbocycles. The number of phenolic OH excluding ortho intramolecular Hbond substituents is 1. The SMILES string of the molecule is C=C/C=c1/c(O)ccc2c1=Cc1ccccc1-2. The third-order valence-corrected chi connectivity index (χ3v) is 3.10. The van der Waals surface area contributed by atoms with Gasteiger partial charge in [0.2, 0.25) is 0 Å². The Labute approximate surface area is 99.7 Å². The average molecular weight is 220 g/mol. The van der Waals surface area contributed by atoms with Gasteiger partial charge in [-0.3, -0.25) is 0 Å². The number of fused-ring (bicyclic) bond motifs is 3. The lowest BCUT2D eigenvalue weighted by Gasteiger charge is -2.01. The van der Waals surface area contributed by atoms with Crippen LogP contribution < -0.4 is 10.4 Å². The van der Waals surface area contributed by atoms with Crippen LogP contribution in [0.3, 0.4) is 0 Å². The fourth-order valence-corrected chi connectivity index (χ4v) is 2.33. The molecule has 0 spiro atoms. The maximum atomic E-state index is 9.89. The lowest BCUT2D eigenvalue weighted by atomic mass is 10.0. The summed E-state index contributed by atoms with van der Waals surface area (Å²) in [5.74, 6) is 0.299. The molecule has 0 saturated heterocycles. The Morgan fingerprint density at radius 2 is 1.82 bits per heavy atom. The monoisotopic (exact) mass is 220 g/mol. The third-order valence-electron chi connectivity index (χ3n) is 3.10. The van der Waals surface area contributed by atoms with Crippen LogP contribution in [0.15, 0.2) is 49.1 Å². The van der Waals surface area contributed by atoms with Gasteiger partial charge < -0.3 is 5.11 Å². The van der Waals surface area contributed by atoms with E-state index in [1.807, 2.05) is 24.3 Å². The van der Waals surface area contributed by atoms with Gasteiger partial charge in [0.25, 0.3) is 0 Å². The van der Waals surface area contributed by atoms with Crippen molar-refractivity contribution in [2.45, 2.75) is 0 Å². The van der Waals surface area contributed by atoms with Gasteiger partial charge in [0.1, 0.15) is 5.75 Å². The lowest BCUT2D eigenvalue weighted by molar-refractivity contribution is 0.470. The zero-order valence-electron chi connectivity index (χ0n) is 9.35. The minimum Gasteiger partial charge on any atom is -0.507 e. The molecule has 2 aromatic rings. The molecule has 3 rings (SSSR count). The number of aromatic hydroxyl groups is 1. The van der Waals surface area contributed by atoms with E-state index in [9.17, 15) is 5.11 Å². The second kappa shape index (κ2) is 3.63. The molecule has 1 N–H and O–H groups in total. The molecule has 1 aliphatic rings. The molecule has 82 valence electrons. The van der Waals surface area contributed by atoms with Crippen molar-refractivity contribution in [1.82, 2.24) is 0 Å². The molecule has 0 atom stereocenters. The van der Waals surface area contributed by atoms with Crippen molar-refractivity contribution in [2.75, 3.05) is 0 Å². The van der Waals surface area contributed by atoms with Crippen LogP contribution in [-0.2, 0) is 0 Å². The molecule has 0 unspecified atom stereocenters. The van der Waals surface area contributed by atoms with Gasteiger partial charge in [0, 0.05) is 5.22 Å². The van der Waals surface area contributed by atoms with Crippen LogP contribution >= 0.6 is 0 Å². The van der Waals surface area contributed by atoms with Crippen LogP contribution in [0.2, 0.25) is 0 Å². The van der Waals surface area contributed by atoms with Gasteiger partial charge in [-0.1, -0.05) is 49.1 Å². The van der Waals surface area contributed by atoms with Crippen LogP contribution in [0.1, 0.15) is 5.56 Å². The minimum absolute atomic E-state index is 0.299. The number of rotatable bonds is 1. The highest BCUT2D eigenvalue weighted by atomic mass is 16.3. The van der Waals surface area contributed by atoms with E-state index in [1.54, 1.807) is 12.1 Å². The summed E-state index contributed by atoms with van der Waals surface area (Å²) in [6, 6.07) is 12.0. The summed E-state index contributed by atoms with van der Waals surface area (Å²) < 4.78 is 0. The first-order valence-corrected chi connectivity index (χ1v) is 5.57. The predicted molar refractivity (Wildman–Crippen MR) is 71.0 cm³/mol. The second-order valence-corrected chi connectivity index (χ2v) is 4.09. The Kier molecular flexibility index (Phi) is 2.12. The predicted octanol–water partition coefficient (Wildman–Crippen LogP) is 2.17. The van der Waals surface area contributed by atoms with Gasteiger partial charge >= 0.3 is 0 Å². The highest BCUT2D eigenvalue weighted by Crippen LogP contribution is 2.25. The fourth-order valence-electron chi connectivity index (χ4n) is 2.33. The molecular formula is C16H12O. The summed E-state index contributed by atoms with van der Waals surface area (Å²) in [7, 11) is 0. The summed E-state index contributed by atoms with van der Waals surface area (Å²) in [6.45, 7) is 3.69. The molecule has 2 aromatic carbocycles. The molecule has 0 bridgehead atoms. The zero-order valence-corrected chi connectivity index (χ0v) is 9.35. The molecule has 0 aromatic heterocycles. The molecule has 1 heteroatoms. The van der Waals surface area contributed by atoms with E-state index in [0.29, 0.717) is 5.75 Å². The maximum absolute atomic E-state index is 9.89. The van der Waals surface area contributed by atoms with Crippen molar-refractivity contribution in [3.63, 3.8) is 0 Å². The van der Waals surface area contributed by atoms with Gasteiger partial charge in [-0.25, -0.2) is 0 Å². The van der Waals surface area contributed by atoms with Gasteiger partial charge in [0.15, 0.2) is 0 Å². The average Bonchev–Trinajstić information content (AvgIpc) is 2.72. The minimum atomic E-state index is 0.299. The first-order chi connectivity index (χ1) is 8.31. The van der Waals surface area contributed by atoms with Gasteiger partial charge in [0.05, 0.1) is 0 Å². The summed E-state index contributed by atoms with van der Waals surface area (Å²) in [5.41, 5.74) is 3.60. The number of benzene rings is 2. The van der Waals surface area contributed by atoms with E-state index in [2.05, 4.69) is 24.8 Å². The first-order valence-electron chi connectivity index (χ1n) is 5.57. The third kappa shape index (κ3) is 1.40. The van der Waals surface area contributed by atoms with E-state index in [4.69, 9.17) is 0 Å². The van der Waals surface area contributed by atoms with E-state index >= 15 is 0 Å². The molecule has 0 heterocycles. The highest BCUT2D eigenvalue weighted by molar-refractivity contribution is 5.83. The van der Waals surface area contributed by atoms with Crippen molar-refractivity contribution in [3.05, 3.63) is 65.1 Å². The van der Waals surface area contributed by atoms with Crippen LogP contribution in [-0.4, -0.2) is 5.11 Å². The number of hydrogen-bond acceptors (Lipinski definition) is 1. The largest absolute Gasteiger partial charge is 0.507 e. The van der Waals surface area contributed by atoms with Crippen molar-refractivity contribution in [1.29, 1.82) is 0 Å². The molecule has 0 radical (unpaired) electrons. The zero-order chi connectivity index (χ0) is 11.8. The Morgan fingerprint density at radius 1 is 1.00 bits per heavy atom. The summed E-state index contributed by atoms with van der Waals surface area (Å²) in [6.07, 6.45) is 5.66. The molecule has 0 aliphatic heterocycles. The van der Waals surface area contributed by atoms with Gasteiger partial charge in [-0.05, 0) is 34.1 Å².